The van der Waals surface area contributed by atoms with Crippen molar-refractivity contribution in [3.63, 3.8) is 0 Å². The van der Waals surface area contributed by atoms with Gasteiger partial charge in [-0.3, -0.25) is 14.5 Å². The molecule has 11 heteroatoms. The summed E-state index contributed by atoms with van der Waals surface area (Å²) in [6, 6.07) is 9.11. The van der Waals surface area contributed by atoms with Crippen molar-refractivity contribution in [2.45, 2.75) is 31.1 Å². The minimum atomic E-state index is -0.436. The van der Waals surface area contributed by atoms with Crippen LogP contribution in [-0.2, 0) is 11.8 Å². The minimum absolute atomic E-state index is 0.00858. The van der Waals surface area contributed by atoms with E-state index >= 15 is 0 Å². The van der Waals surface area contributed by atoms with E-state index in [4.69, 9.17) is 4.98 Å². The van der Waals surface area contributed by atoms with Gasteiger partial charge >= 0.3 is 0 Å². The Labute approximate surface area is 229 Å². The fraction of sp³-hybridized carbons (Fsp3) is 0.357. The lowest BCUT2D eigenvalue weighted by molar-refractivity contribution is -0.136. The number of nitrogens with zero attached hydrogens (tertiary/aromatic N) is 8. The van der Waals surface area contributed by atoms with Gasteiger partial charge in [-0.1, -0.05) is 6.07 Å². The van der Waals surface area contributed by atoms with E-state index in [0.717, 1.165) is 28.7 Å². The summed E-state index contributed by atoms with van der Waals surface area (Å²) in [6.45, 7) is 5.91. The first kappa shape index (κ1) is 25.2. The number of amides is 1. The van der Waals surface area contributed by atoms with Crippen molar-refractivity contribution < 1.29 is 9.18 Å². The van der Waals surface area contributed by atoms with Gasteiger partial charge in [0.05, 0.1) is 27.5 Å². The number of thioether (sulfide) groups is 1. The van der Waals surface area contributed by atoms with E-state index in [2.05, 4.69) is 33.0 Å². The molecule has 0 bridgehead atoms. The Bertz CT molecular complexity index is 1640. The molecule has 198 valence electrons. The second kappa shape index (κ2) is 9.61. The highest BCUT2D eigenvalue weighted by Gasteiger charge is 2.45. The van der Waals surface area contributed by atoms with Crippen molar-refractivity contribution in [1.29, 1.82) is 5.26 Å². The van der Waals surface area contributed by atoms with Crippen LogP contribution in [0.25, 0.3) is 33.3 Å². The van der Waals surface area contributed by atoms with Gasteiger partial charge < -0.3 is 9.80 Å². The molecule has 6 rings (SSSR count). The number of anilines is 1. The number of carbonyl (C=O) groups excluding carboxylic acids is 1. The van der Waals surface area contributed by atoms with Gasteiger partial charge in [-0.2, -0.15) is 10.4 Å². The molecule has 0 radical (unpaired) electrons. The SMILES string of the molecule is CC1CN(c2ncnc3c(-c4cc(C#N)n(C)n4)ccc(-c4cncc(F)c4)c23)CCN1C(=O)[C@]1(C)CCS1. The molecule has 4 aromatic rings. The van der Waals surface area contributed by atoms with Crippen molar-refractivity contribution in [3.05, 3.63) is 54.5 Å². The summed E-state index contributed by atoms with van der Waals surface area (Å²) in [4.78, 5) is 30.9. The summed E-state index contributed by atoms with van der Waals surface area (Å²) in [5, 5.41) is 14.8. The predicted octanol–water partition coefficient (Wildman–Crippen LogP) is 4.04. The van der Waals surface area contributed by atoms with Crippen LogP contribution < -0.4 is 4.90 Å². The summed E-state index contributed by atoms with van der Waals surface area (Å²) in [5.41, 5.74) is 3.79. The first-order valence-electron chi connectivity index (χ1n) is 12.8. The van der Waals surface area contributed by atoms with E-state index in [1.807, 2.05) is 24.0 Å². The Balaban J connectivity index is 1.46. The maximum absolute atomic E-state index is 14.3. The highest BCUT2D eigenvalue weighted by atomic mass is 32.2. The maximum atomic E-state index is 14.3. The number of rotatable bonds is 4. The van der Waals surface area contributed by atoms with E-state index in [1.54, 1.807) is 31.1 Å². The van der Waals surface area contributed by atoms with Crippen molar-refractivity contribution in [1.82, 2.24) is 29.6 Å². The van der Waals surface area contributed by atoms with Crippen LogP contribution in [0.4, 0.5) is 10.2 Å². The average Bonchev–Trinajstić information content (AvgIpc) is 3.30. The van der Waals surface area contributed by atoms with Crippen LogP contribution in [0.3, 0.4) is 0 Å². The lowest BCUT2D eigenvalue weighted by atomic mass is 9.97. The van der Waals surface area contributed by atoms with Crippen molar-refractivity contribution in [2.24, 2.45) is 7.05 Å². The number of pyridine rings is 1. The molecule has 2 aliphatic rings. The molecule has 3 aromatic heterocycles. The first-order chi connectivity index (χ1) is 18.8. The van der Waals surface area contributed by atoms with Crippen LogP contribution in [-0.4, -0.2) is 71.7 Å². The van der Waals surface area contributed by atoms with Gasteiger partial charge in [0.1, 0.15) is 29.7 Å². The second-order valence-electron chi connectivity index (χ2n) is 10.2. The van der Waals surface area contributed by atoms with E-state index in [0.29, 0.717) is 47.9 Å². The Morgan fingerprint density at radius 3 is 2.67 bits per heavy atom. The summed E-state index contributed by atoms with van der Waals surface area (Å²) in [6.07, 6.45) is 5.23. The highest BCUT2D eigenvalue weighted by molar-refractivity contribution is 8.02. The molecule has 1 unspecified atom stereocenters. The van der Waals surface area contributed by atoms with Gasteiger partial charge in [-0.05, 0) is 43.7 Å². The van der Waals surface area contributed by atoms with Gasteiger partial charge in [0, 0.05) is 56.1 Å². The molecule has 1 amide bonds. The summed E-state index contributed by atoms with van der Waals surface area (Å²) in [7, 11) is 1.72. The zero-order valence-corrected chi connectivity index (χ0v) is 22.7. The maximum Gasteiger partial charge on any atom is 0.238 e. The Hall–Kier alpha value is -4.04. The Kier molecular flexibility index (Phi) is 6.22. The fourth-order valence-corrected chi connectivity index (χ4v) is 6.50. The van der Waals surface area contributed by atoms with Crippen molar-refractivity contribution in [2.75, 3.05) is 30.3 Å². The van der Waals surface area contributed by atoms with Crippen LogP contribution in [0.2, 0.25) is 0 Å². The zero-order chi connectivity index (χ0) is 27.3. The van der Waals surface area contributed by atoms with Gasteiger partial charge in [0.2, 0.25) is 5.91 Å². The van der Waals surface area contributed by atoms with Gasteiger partial charge in [-0.15, -0.1) is 11.8 Å². The third-order valence-electron chi connectivity index (χ3n) is 7.69. The molecule has 0 spiro atoms. The predicted molar refractivity (Wildman–Crippen MR) is 149 cm³/mol. The monoisotopic (exact) mass is 542 g/mol. The third kappa shape index (κ3) is 4.29. The van der Waals surface area contributed by atoms with Gasteiger partial charge in [-0.25, -0.2) is 14.4 Å². The fourth-order valence-electron chi connectivity index (χ4n) is 5.44. The molecule has 5 heterocycles. The Morgan fingerprint density at radius 1 is 1.21 bits per heavy atom. The van der Waals surface area contributed by atoms with Gasteiger partial charge in [0.25, 0.3) is 0 Å². The number of nitriles is 1. The normalized spacial score (nSPS) is 21.1. The number of hydrogen-bond donors (Lipinski definition) is 0. The van der Waals surface area contributed by atoms with E-state index in [9.17, 15) is 14.4 Å². The molecule has 2 fully saturated rings. The molecule has 1 aromatic carbocycles. The molecule has 2 saturated heterocycles. The molecular formula is C28H27FN8OS. The van der Waals surface area contributed by atoms with Crippen LogP contribution in [0.5, 0.6) is 0 Å². The number of benzene rings is 1. The second-order valence-corrected chi connectivity index (χ2v) is 11.8. The number of aromatic nitrogens is 5. The van der Waals surface area contributed by atoms with E-state index in [1.165, 1.54) is 23.3 Å². The quantitative estimate of drug-likeness (QED) is 0.381. The molecule has 0 aliphatic carbocycles. The van der Waals surface area contributed by atoms with Crippen molar-refractivity contribution in [3.8, 4) is 28.5 Å². The molecule has 0 saturated carbocycles. The number of halogens is 1. The van der Waals surface area contributed by atoms with E-state index < -0.39 is 5.82 Å². The van der Waals surface area contributed by atoms with Crippen molar-refractivity contribution >= 4 is 34.4 Å². The molecule has 2 aliphatic heterocycles. The summed E-state index contributed by atoms with van der Waals surface area (Å²) < 4.78 is 15.5. The first-order valence-corrected chi connectivity index (χ1v) is 13.8. The van der Waals surface area contributed by atoms with Crippen LogP contribution in [0.1, 0.15) is 26.0 Å². The van der Waals surface area contributed by atoms with Crippen LogP contribution in [0.15, 0.2) is 43.0 Å². The zero-order valence-electron chi connectivity index (χ0n) is 21.9. The lowest BCUT2D eigenvalue weighted by Crippen LogP contribution is -2.60. The van der Waals surface area contributed by atoms with Crippen LogP contribution in [0, 0.1) is 17.1 Å². The van der Waals surface area contributed by atoms with Crippen LogP contribution >= 0.6 is 11.8 Å². The number of carbonyl (C=O) groups is 1. The average molecular weight is 543 g/mol. The van der Waals surface area contributed by atoms with E-state index in [-0.39, 0.29) is 16.7 Å². The lowest BCUT2D eigenvalue weighted by Gasteiger charge is -2.46. The smallest absolute Gasteiger partial charge is 0.238 e. The molecule has 0 N–H and O–H groups in total. The number of piperazine rings is 1. The molecule has 2 atom stereocenters. The topological polar surface area (TPSA) is 104 Å². The minimum Gasteiger partial charge on any atom is -0.352 e. The summed E-state index contributed by atoms with van der Waals surface area (Å²) in [5.74, 6) is 1.50. The number of hydrogen-bond acceptors (Lipinski definition) is 8. The largest absolute Gasteiger partial charge is 0.352 e. The molecular weight excluding hydrogens is 515 g/mol. The number of fused-ring (bicyclic) bond motifs is 1. The van der Waals surface area contributed by atoms with Gasteiger partial charge in [0.15, 0.2) is 0 Å². The molecule has 9 nitrogen and oxygen atoms in total. The standard InChI is InChI=1S/C28H27FN8OS/c1-17-15-36(7-8-37(17)27(38)28(2)6-9-39-28)26-24-21(18-10-19(29)14-31-13-18)4-5-22(25(24)32-16-33-26)23-11-20(12-30)35(3)34-23/h4-5,10-11,13-14,16-17H,6-9,15H2,1-3H3/t17?,28-/m0/s1. The number of aryl methyl sites for hydroxylation is 1. The molecule has 39 heavy (non-hydrogen) atoms. The summed E-state index contributed by atoms with van der Waals surface area (Å²) >= 11 is 1.73. The third-order valence-corrected chi connectivity index (χ3v) is 9.12. The highest BCUT2D eigenvalue weighted by Crippen LogP contribution is 2.43. The Morgan fingerprint density at radius 2 is 2.00 bits per heavy atom.